The number of carbonyl (C=O) groups is 1. The summed E-state index contributed by atoms with van der Waals surface area (Å²) in [6.45, 7) is 3.03. The van der Waals surface area contributed by atoms with Gasteiger partial charge in [-0.1, -0.05) is 28.1 Å². The molecule has 0 aliphatic carbocycles. The van der Waals surface area contributed by atoms with Crippen molar-refractivity contribution in [2.45, 2.75) is 13.5 Å². The van der Waals surface area contributed by atoms with Crippen molar-refractivity contribution in [3.05, 3.63) is 70.1 Å². The van der Waals surface area contributed by atoms with E-state index in [1.165, 1.54) is 0 Å². The van der Waals surface area contributed by atoms with Crippen LogP contribution in [0.4, 0.5) is 0 Å². The molecule has 2 aromatic heterocycles. The fraction of sp³-hybridized carbons (Fsp3) is 0.250. The molecule has 0 aliphatic heterocycles. The Morgan fingerprint density at radius 1 is 1.25 bits per heavy atom. The van der Waals surface area contributed by atoms with Crippen molar-refractivity contribution in [3.63, 3.8) is 0 Å². The first kappa shape index (κ1) is 20.0. The maximum Gasteiger partial charge on any atom is 0.255 e. The number of methoxy groups -OCH3 is 1. The zero-order valence-electron chi connectivity index (χ0n) is 15.7. The van der Waals surface area contributed by atoms with E-state index in [9.17, 15) is 4.79 Å². The lowest BCUT2D eigenvalue weighted by Gasteiger charge is -2.11. The van der Waals surface area contributed by atoms with Crippen LogP contribution < -0.4 is 10.1 Å². The van der Waals surface area contributed by atoms with Crippen molar-refractivity contribution >= 4 is 21.8 Å². The molecular weight excluding hydrogens is 424 g/mol. The number of pyridine rings is 1. The summed E-state index contributed by atoms with van der Waals surface area (Å²) < 4.78 is 13.3. The van der Waals surface area contributed by atoms with Crippen LogP contribution in [-0.4, -0.2) is 41.0 Å². The van der Waals surface area contributed by atoms with E-state index >= 15 is 0 Å². The predicted molar refractivity (Wildman–Crippen MR) is 109 cm³/mol. The molecule has 3 aromatic rings. The number of nitrogens with one attached hydrogen (secondary N) is 1. The van der Waals surface area contributed by atoms with Gasteiger partial charge in [0.25, 0.3) is 5.91 Å². The third kappa shape index (κ3) is 4.76. The third-order valence-electron chi connectivity index (χ3n) is 4.12. The largest absolute Gasteiger partial charge is 0.475 e. The quantitative estimate of drug-likeness (QED) is 0.539. The van der Waals surface area contributed by atoms with Gasteiger partial charge in [-0.2, -0.15) is 5.10 Å². The lowest BCUT2D eigenvalue weighted by atomic mass is 10.2. The molecule has 0 atom stereocenters. The fourth-order valence-electron chi connectivity index (χ4n) is 2.68. The van der Waals surface area contributed by atoms with Gasteiger partial charge in [-0.05, 0) is 31.2 Å². The number of benzene rings is 1. The molecule has 0 spiro atoms. The predicted octanol–water partition coefficient (Wildman–Crippen LogP) is 3.29. The highest BCUT2D eigenvalue weighted by atomic mass is 79.9. The Hall–Kier alpha value is -2.71. The Labute approximate surface area is 171 Å². The van der Waals surface area contributed by atoms with Crippen LogP contribution in [0.5, 0.6) is 5.88 Å². The first-order valence-electron chi connectivity index (χ1n) is 8.74. The number of nitrogens with zero attached hydrogens (tertiary/aromatic N) is 3. The first-order valence-corrected chi connectivity index (χ1v) is 9.54. The topological polar surface area (TPSA) is 78.3 Å². The number of rotatable bonds is 8. The fourth-order valence-corrected chi connectivity index (χ4v) is 3.07. The van der Waals surface area contributed by atoms with Crippen LogP contribution in [0.15, 0.2) is 53.3 Å². The number of carbonyl (C=O) groups excluding carboxylic acids is 1. The van der Waals surface area contributed by atoms with Gasteiger partial charge in [0.05, 0.1) is 29.7 Å². The molecule has 0 saturated heterocycles. The van der Waals surface area contributed by atoms with Crippen LogP contribution in [0.1, 0.15) is 21.6 Å². The van der Waals surface area contributed by atoms with E-state index in [1.807, 2.05) is 37.3 Å². The lowest BCUT2D eigenvalue weighted by Crippen LogP contribution is -2.24. The molecular formula is C20H21BrN4O3. The Kier molecular flexibility index (Phi) is 6.78. The van der Waals surface area contributed by atoms with Gasteiger partial charge in [0.2, 0.25) is 5.88 Å². The van der Waals surface area contributed by atoms with Gasteiger partial charge in [-0.15, -0.1) is 0 Å². The number of halogens is 1. The molecule has 1 amide bonds. The highest BCUT2D eigenvalue weighted by Gasteiger charge is 2.16. The van der Waals surface area contributed by atoms with Crippen molar-refractivity contribution in [3.8, 4) is 11.6 Å². The minimum atomic E-state index is -0.203. The Morgan fingerprint density at radius 2 is 2.11 bits per heavy atom. The van der Waals surface area contributed by atoms with Gasteiger partial charge in [0.15, 0.2) is 0 Å². The number of ether oxygens (including phenoxy) is 2. The van der Waals surface area contributed by atoms with Gasteiger partial charge in [-0.3, -0.25) is 4.79 Å². The minimum absolute atomic E-state index is 0.203. The monoisotopic (exact) mass is 444 g/mol. The smallest absolute Gasteiger partial charge is 0.255 e. The molecule has 0 unspecified atom stereocenters. The average molecular weight is 445 g/mol. The summed E-state index contributed by atoms with van der Waals surface area (Å²) in [5.74, 6) is 0.284. The number of amides is 1. The van der Waals surface area contributed by atoms with Crippen molar-refractivity contribution < 1.29 is 14.3 Å². The maximum atomic E-state index is 12.7. The Morgan fingerprint density at radius 3 is 2.89 bits per heavy atom. The van der Waals surface area contributed by atoms with Crippen LogP contribution >= 0.6 is 15.9 Å². The highest BCUT2D eigenvalue weighted by molar-refractivity contribution is 9.10. The van der Waals surface area contributed by atoms with Crippen LogP contribution in [0.25, 0.3) is 5.69 Å². The molecule has 3 rings (SSSR count). The Bertz CT molecular complexity index is 958. The lowest BCUT2D eigenvalue weighted by molar-refractivity contribution is 0.0949. The van der Waals surface area contributed by atoms with E-state index in [2.05, 4.69) is 31.3 Å². The van der Waals surface area contributed by atoms with Crippen LogP contribution in [0, 0.1) is 6.92 Å². The molecule has 0 fully saturated rings. The van der Waals surface area contributed by atoms with Crippen molar-refractivity contribution in [1.82, 2.24) is 20.1 Å². The summed E-state index contributed by atoms with van der Waals surface area (Å²) in [4.78, 5) is 16.9. The van der Waals surface area contributed by atoms with Gasteiger partial charge in [-0.25, -0.2) is 9.67 Å². The van der Waals surface area contributed by atoms with Gasteiger partial charge < -0.3 is 14.8 Å². The van der Waals surface area contributed by atoms with Gasteiger partial charge in [0, 0.05) is 29.9 Å². The second kappa shape index (κ2) is 9.48. The molecule has 28 heavy (non-hydrogen) atoms. The molecule has 0 bridgehead atoms. The second-order valence-electron chi connectivity index (χ2n) is 6.03. The normalized spacial score (nSPS) is 10.7. The molecule has 0 aliphatic rings. The van der Waals surface area contributed by atoms with Crippen molar-refractivity contribution in [2.75, 3.05) is 20.3 Å². The minimum Gasteiger partial charge on any atom is -0.475 e. The summed E-state index contributed by atoms with van der Waals surface area (Å²) in [6, 6.07) is 11.4. The van der Waals surface area contributed by atoms with Crippen LogP contribution in [-0.2, 0) is 11.3 Å². The molecule has 0 radical (unpaired) electrons. The standard InChI is InChI=1S/C20H21BrN4O3/c1-14-18(13-24-25(14)17-7-3-6-16(21)11-17)19(26)23-12-15-5-4-8-22-20(15)28-10-9-27-2/h3-8,11,13H,9-10,12H2,1-2H3,(H,23,26). The zero-order chi connectivity index (χ0) is 19.9. The molecule has 7 nitrogen and oxygen atoms in total. The van der Waals surface area contributed by atoms with Crippen molar-refractivity contribution in [1.29, 1.82) is 0 Å². The van der Waals surface area contributed by atoms with Gasteiger partial charge in [0.1, 0.15) is 6.61 Å². The molecule has 1 N–H and O–H groups in total. The van der Waals surface area contributed by atoms with E-state index in [0.29, 0.717) is 31.2 Å². The zero-order valence-corrected chi connectivity index (χ0v) is 17.3. The number of aromatic nitrogens is 3. The maximum absolute atomic E-state index is 12.7. The summed E-state index contributed by atoms with van der Waals surface area (Å²) >= 11 is 3.45. The number of hydrogen-bond donors (Lipinski definition) is 1. The van der Waals surface area contributed by atoms with E-state index in [4.69, 9.17) is 9.47 Å². The second-order valence-corrected chi connectivity index (χ2v) is 6.94. The molecule has 146 valence electrons. The first-order chi connectivity index (χ1) is 13.6. The Balaban J connectivity index is 1.70. The SMILES string of the molecule is COCCOc1ncccc1CNC(=O)c1cnn(-c2cccc(Br)c2)c1C. The number of hydrogen-bond acceptors (Lipinski definition) is 5. The van der Waals surface area contributed by atoms with E-state index in [1.54, 1.807) is 30.3 Å². The summed E-state index contributed by atoms with van der Waals surface area (Å²) in [7, 11) is 1.61. The van der Waals surface area contributed by atoms with Crippen molar-refractivity contribution in [2.24, 2.45) is 0 Å². The molecule has 2 heterocycles. The highest BCUT2D eigenvalue weighted by Crippen LogP contribution is 2.19. The summed E-state index contributed by atoms with van der Waals surface area (Å²) in [5.41, 5.74) is 2.96. The molecule has 8 heteroatoms. The third-order valence-corrected chi connectivity index (χ3v) is 4.62. The van der Waals surface area contributed by atoms with E-state index in [-0.39, 0.29) is 5.91 Å². The van der Waals surface area contributed by atoms with E-state index in [0.717, 1.165) is 21.4 Å². The van der Waals surface area contributed by atoms with E-state index < -0.39 is 0 Å². The summed E-state index contributed by atoms with van der Waals surface area (Å²) in [5, 5.41) is 7.26. The van der Waals surface area contributed by atoms with Crippen LogP contribution in [0.3, 0.4) is 0 Å². The summed E-state index contributed by atoms with van der Waals surface area (Å²) in [6.07, 6.45) is 3.23. The van der Waals surface area contributed by atoms with Crippen LogP contribution in [0.2, 0.25) is 0 Å². The molecule has 0 saturated carbocycles. The van der Waals surface area contributed by atoms with Gasteiger partial charge >= 0.3 is 0 Å². The molecule has 1 aromatic carbocycles. The average Bonchev–Trinajstić information content (AvgIpc) is 3.08.